The smallest absolute Gasteiger partial charge is 0.293 e. The molecule has 7 heteroatoms. The summed E-state index contributed by atoms with van der Waals surface area (Å²) in [5.41, 5.74) is 4.48. The van der Waals surface area contributed by atoms with Crippen LogP contribution in [-0.4, -0.2) is 28.6 Å². The third-order valence-corrected chi connectivity index (χ3v) is 6.07. The number of benzene rings is 3. The van der Waals surface area contributed by atoms with Crippen molar-refractivity contribution in [1.29, 1.82) is 0 Å². The van der Waals surface area contributed by atoms with Crippen LogP contribution in [0.5, 0.6) is 5.75 Å². The second kappa shape index (κ2) is 10.4. The van der Waals surface area contributed by atoms with E-state index in [1.165, 1.54) is 4.90 Å². The number of hydrogen-bond donors (Lipinski definition) is 1. The fourth-order valence-corrected chi connectivity index (χ4v) is 4.26. The molecule has 3 amide bonds. The average molecular weight is 473 g/mol. The Morgan fingerprint density at radius 2 is 1.74 bits per heavy atom. The van der Waals surface area contributed by atoms with Gasteiger partial charge in [-0.2, -0.15) is 0 Å². The molecule has 0 aliphatic carbocycles. The molecule has 1 fully saturated rings. The van der Waals surface area contributed by atoms with Crippen LogP contribution in [-0.2, 0) is 16.1 Å². The first-order valence-electron chi connectivity index (χ1n) is 10.8. The van der Waals surface area contributed by atoms with Crippen LogP contribution in [0.25, 0.3) is 6.08 Å². The Hall–Kier alpha value is -3.84. The normalized spacial score (nSPS) is 14.5. The zero-order chi connectivity index (χ0) is 24.1. The Balaban J connectivity index is 1.38. The Morgan fingerprint density at radius 1 is 0.971 bits per heavy atom. The maximum absolute atomic E-state index is 12.8. The number of thioether (sulfide) groups is 1. The second-order valence-electron chi connectivity index (χ2n) is 8.03. The monoisotopic (exact) mass is 472 g/mol. The standard InChI is InChI=1S/C27H24N2O4S/c1-18-9-11-20(12-10-18)16-29-26(31)24(34-27(29)32)15-21-6-4-8-23(14-21)33-17-25(30)28-22-7-3-5-19(2)13-22/h3-15H,16-17H2,1-2H3,(H,28,30)/b24-15-. The largest absolute Gasteiger partial charge is 0.484 e. The van der Waals surface area contributed by atoms with E-state index < -0.39 is 0 Å². The van der Waals surface area contributed by atoms with E-state index in [0.29, 0.717) is 21.9 Å². The van der Waals surface area contributed by atoms with Crippen molar-refractivity contribution >= 4 is 40.6 Å². The van der Waals surface area contributed by atoms with Crippen LogP contribution in [0.1, 0.15) is 22.3 Å². The predicted molar refractivity (Wildman–Crippen MR) is 134 cm³/mol. The molecule has 34 heavy (non-hydrogen) atoms. The number of carbonyl (C=O) groups excluding carboxylic acids is 3. The molecular formula is C27H24N2O4S. The Morgan fingerprint density at radius 3 is 2.50 bits per heavy atom. The lowest BCUT2D eigenvalue weighted by Gasteiger charge is -2.12. The van der Waals surface area contributed by atoms with Gasteiger partial charge >= 0.3 is 0 Å². The molecule has 0 radical (unpaired) electrons. The van der Waals surface area contributed by atoms with Crippen molar-refractivity contribution in [3.05, 3.63) is 100.0 Å². The topological polar surface area (TPSA) is 75.7 Å². The summed E-state index contributed by atoms with van der Waals surface area (Å²) in [6, 6.07) is 22.3. The number of carbonyl (C=O) groups is 3. The fourth-order valence-electron chi connectivity index (χ4n) is 3.43. The van der Waals surface area contributed by atoms with Crippen LogP contribution in [0.4, 0.5) is 10.5 Å². The van der Waals surface area contributed by atoms with Crippen LogP contribution in [0.3, 0.4) is 0 Å². The van der Waals surface area contributed by atoms with E-state index in [9.17, 15) is 14.4 Å². The zero-order valence-electron chi connectivity index (χ0n) is 18.9. The summed E-state index contributed by atoms with van der Waals surface area (Å²) in [5, 5.41) is 2.50. The SMILES string of the molecule is Cc1ccc(CN2C(=O)S/C(=C\c3cccc(OCC(=O)Nc4cccc(C)c4)c3)C2=O)cc1. The summed E-state index contributed by atoms with van der Waals surface area (Å²) in [6.07, 6.45) is 1.67. The first-order chi connectivity index (χ1) is 16.4. The number of hydrogen-bond acceptors (Lipinski definition) is 5. The molecule has 3 aromatic rings. The molecule has 6 nitrogen and oxygen atoms in total. The Bertz CT molecular complexity index is 1270. The van der Waals surface area contributed by atoms with E-state index in [-0.39, 0.29) is 30.2 Å². The van der Waals surface area contributed by atoms with Gasteiger partial charge in [-0.3, -0.25) is 19.3 Å². The predicted octanol–water partition coefficient (Wildman–Crippen LogP) is 5.56. The van der Waals surface area contributed by atoms with E-state index in [1.807, 2.05) is 68.4 Å². The van der Waals surface area contributed by atoms with Crippen molar-refractivity contribution in [2.45, 2.75) is 20.4 Å². The summed E-state index contributed by atoms with van der Waals surface area (Å²) in [4.78, 5) is 39.1. The third-order valence-electron chi connectivity index (χ3n) is 5.16. The number of imide groups is 1. The molecular weight excluding hydrogens is 448 g/mol. The lowest BCUT2D eigenvalue weighted by atomic mass is 10.1. The fraction of sp³-hybridized carbons (Fsp3) is 0.148. The minimum atomic E-state index is -0.320. The van der Waals surface area contributed by atoms with Gasteiger partial charge in [0, 0.05) is 5.69 Å². The number of aryl methyl sites for hydroxylation is 2. The number of amides is 3. The molecule has 0 aromatic heterocycles. The van der Waals surface area contributed by atoms with Gasteiger partial charge in [0.15, 0.2) is 6.61 Å². The van der Waals surface area contributed by atoms with E-state index in [4.69, 9.17) is 4.74 Å². The molecule has 1 saturated heterocycles. The number of nitrogens with zero attached hydrogens (tertiary/aromatic N) is 1. The van der Waals surface area contributed by atoms with Gasteiger partial charge in [-0.15, -0.1) is 0 Å². The van der Waals surface area contributed by atoms with Crippen molar-refractivity contribution in [3.8, 4) is 5.75 Å². The highest BCUT2D eigenvalue weighted by molar-refractivity contribution is 8.18. The average Bonchev–Trinajstić information content (AvgIpc) is 3.07. The third kappa shape index (κ3) is 5.94. The number of anilines is 1. The number of ether oxygens (including phenoxy) is 1. The molecule has 172 valence electrons. The Kier molecular flexibility index (Phi) is 7.13. The maximum atomic E-state index is 12.8. The van der Waals surface area contributed by atoms with Crippen LogP contribution in [0.2, 0.25) is 0 Å². The van der Waals surface area contributed by atoms with Gasteiger partial charge in [0.25, 0.3) is 17.1 Å². The van der Waals surface area contributed by atoms with E-state index in [2.05, 4.69) is 5.32 Å². The van der Waals surface area contributed by atoms with E-state index in [0.717, 1.165) is 28.5 Å². The zero-order valence-corrected chi connectivity index (χ0v) is 19.7. The molecule has 0 atom stereocenters. The summed E-state index contributed by atoms with van der Waals surface area (Å²) in [6.45, 7) is 4.03. The van der Waals surface area contributed by atoms with Crippen molar-refractivity contribution < 1.29 is 19.1 Å². The van der Waals surface area contributed by atoms with Gasteiger partial charge in [-0.05, 0) is 72.6 Å². The van der Waals surface area contributed by atoms with Crippen molar-refractivity contribution in [2.75, 3.05) is 11.9 Å². The summed E-state index contributed by atoms with van der Waals surface area (Å²) < 4.78 is 5.62. The highest BCUT2D eigenvalue weighted by atomic mass is 32.2. The van der Waals surface area contributed by atoms with Crippen LogP contribution < -0.4 is 10.1 Å². The van der Waals surface area contributed by atoms with Crippen LogP contribution >= 0.6 is 11.8 Å². The molecule has 1 heterocycles. The minimum absolute atomic E-state index is 0.148. The molecule has 0 spiro atoms. The van der Waals surface area contributed by atoms with Gasteiger partial charge in [-0.25, -0.2) is 0 Å². The van der Waals surface area contributed by atoms with E-state index >= 15 is 0 Å². The number of nitrogens with one attached hydrogen (secondary N) is 1. The molecule has 4 rings (SSSR count). The van der Waals surface area contributed by atoms with Gasteiger partial charge in [0.05, 0.1) is 11.4 Å². The second-order valence-corrected chi connectivity index (χ2v) is 9.03. The van der Waals surface area contributed by atoms with Crippen molar-refractivity contribution in [3.63, 3.8) is 0 Å². The highest BCUT2D eigenvalue weighted by Gasteiger charge is 2.34. The summed E-state index contributed by atoms with van der Waals surface area (Å²) in [5.74, 6) is -0.0975. The summed E-state index contributed by atoms with van der Waals surface area (Å²) >= 11 is 0.919. The summed E-state index contributed by atoms with van der Waals surface area (Å²) in [7, 11) is 0. The maximum Gasteiger partial charge on any atom is 0.293 e. The lowest BCUT2D eigenvalue weighted by Crippen LogP contribution is -2.27. The van der Waals surface area contributed by atoms with Gasteiger partial charge < -0.3 is 10.1 Å². The number of rotatable bonds is 7. The quantitative estimate of drug-likeness (QED) is 0.456. The first kappa shape index (κ1) is 23.3. The van der Waals surface area contributed by atoms with E-state index in [1.54, 1.807) is 24.3 Å². The molecule has 3 aromatic carbocycles. The minimum Gasteiger partial charge on any atom is -0.484 e. The van der Waals surface area contributed by atoms with Gasteiger partial charge in [0.2, 0.25) is 0 Å². The van der Waals surface area contributed by atoms with Crippen LogP contribution in [0, 0.1) is 13.8 Å². The first-order valence-corrected chi connectivity index (χ1v) is 11.6. The van der Waals surface area contributed by atoms with Crippen LogP contribution in [0.15, 0.2) is 77.7 Å². The lowest BCUT2D eigenvalue weighted by molar-refractivity contribution is -0.123. The molecule has 0 bridgehead atoms. The molecule has 1 aliphatic rings. The van der Waals surface area contributed by atoms with Gasteiger partial charge in [-0.1, -0.05) is 54.1 Å². The van der Waals surface area contributed by atoms with Crippen molar-refractivity contribution in [2.24, 2.45) is 0 Å². The van der Waals surface area contributed by atoms with Gasteiger partial charge in [0.1, 0.15) is 5.75 Å². The molecule has 1 aliphatic heterocycles. The van der Waals surface area contributed by atoms with Crippen molar-refractivity contribution in [1.82, 2.24) is 4.90 Å². The molecule has 0 saturated carbocycles. The molecule has 1 N–H and O–H groups in total. The highest BCUT2D eigenvalue weighted by Crippen LogP contribution is 2.33. The Labute approximate surface area is 202 Å². The molecule has 0 unspecified atom stereocenters.